The molecule has 0 saturated carbocycles. The molecule has 0 fully saturated rings. The first kappa shape index (κ1) is 18.7. The Balaban J connectivity index is 1.81. The van der Waals surface area contributed by atoms with Crippen LogP contribution in [0.5, 0.6) is 5.75 Å². The van der Waals surface area contributed by atoms with Crippen LogP contribution < -0.4 is 15.0 Å². The van der Waals surface area contributed by atoms with Gasteiger partial charge in [0.1, 0.15) is 22.3 Å². The van der Waals surface area contributed by atoms with Crippen LogP contribution in [-0.2, 0) is 11.0 Å². The molecule has 3 N–H and O–H groups in total. The normalized spacial score (nSPS) is 14.0. The number of fused-ring (bicyclic) bond motifs is 1. The second-order valence-corrected chi connectivity index (χ2v) is 8.76. The number of anilines is 1. The van der Waals surface area contributed by atoms with E-state index in [-0.39, 0.29) is 17.1 Å². The number of aliphatic imine (C=N–C) groups is 1. The Morgan fingerprint density at radius 3 is 2.89 bits per heavy atom. The van der Waals surface area contributed by atoms with E-state index in [4.69, 9.17) is 0 Å². The first-order valence-electron chi connectivity index (χ1n) is 8.05. The van der Waals surface area contributed by atoms with E-state index < -0.39 is 16.5 Å². The number of hydrogen-bond donors (Lipinski definition) is 3. The predicted molar refractivity (Wildman–Crippen MR) is 113 cm³/mol. The standard InChI is InChI=1S/C17H15N5O3S3/c1-9-8-22(17-18-5-6-26-17)16(24)13(14(9)23)15-19-11-4-3-10(21-28(2)25)7-12(11)27-20-15/h3-8,21,23H,1-2H3,(H,19,20). The average molecular weight is 434 g/mol. The molecular weight excluding hydrogens is 418 g/mol. The molecule has 3 aromatic rings. The summed E-state index contributed by atoms with van der Waals surface area (Å²) in [4.78, 5) is 22.5. The van der Waals surface area contributed by atoms with Gasteiger partial charge < -0.3 is 14.6 Å². The van der Waals surface area contributed by atoms with Gasteiger partial charge in [-0.3, -0.25) is 9.36 Å². The molecule has 1 unspecified atom stereocenters. The highest BCUT2D eigenvalue weighted by molar-refractivity contribution is 7.98. The van der Waals surface area contributed by atoms with Crippen LogP contribution in [0.2, 0.25) is 0 Å². The number of rotatable bonds is 4. The van der Waals surface area contributed by atoms with Gasteiger partial charge in [-0.2, -0.15) is 0 Å². The molecule has 4 rings (SSSR count). The number of aryl methyl sites for hydroxylation is 1. The molecule has 144 valence electrons. The van der Waals surface area contributed by atoms with Gasteiger partial charge in [-0.15, -0.1) is 11.3 Å². The number of aromatic hydroxyl groups is 1. The second kappa shape index (κ2) is 7.41. The van der Waals surface area contributed by atoms with Crippen molar-refractivity contribution in [3.05, 3.63) is 57.5 Å². The topological polar surface area (TPSA) is 109 Å². The summed E-state index contributed by atoms with van der Waals surface area (Å²) in [5.41, 5.74) is 1.57. The van der Waals surface area contributed by atoms with Crippen LogP contribution in [0.15, 0.2) is 50.7 Å². The quantitative estimate of drug-likeness (QED) is 0.546. The van der Waals surface area contributed by atoms with Crippen molar-refractivity contribution in [2.24, 2.45) is 4.99 Å². The molecule has 28 heavy (non-hydrogen) atoms. The van der Waals surface area contributed by atoms with Crippen molar-refractivity contribution in [1.29, 1.82) is 0 Å². The Labute approximate surface area is 171 Å². The molecule has 2 aromatic heterocycles. The zero-order valence-electron chi connectivity index (χ0n) is 14.8. The maximum absolute atomic E-state index is 13.0. The lowest BCUT2D eigenvalue weighted by atomic mass is 10.1. The third-order valence-electron chi connectivity index (χ3n) is 3.94. The molecule has 1 aliphatic heterocycles. The van der Waals surface area contributed by atoms with E-state index in [9.17, 15) is 14.1 Å². The summed E-state index contributed by atoms with van der Waals surface area (Å²) < 4.78 is 18.6. The molecule has 0 radical (unpaired) electrons. The molecular formula is C17H15N5O3S3. The summed E-state index contributed by atoms with van der Waals surface area (Å²) in [5, 5.41) is 12.8. The minimum absolute atomic E-state index is 0.0882. The smallest absolute Gasteiger partial charge is 0.271 e. The highest BCUT2D eigenvalue weighted by Gasteiger charge is 2.23. The molecule has 1 aliphatic rings. The fraction of sp³-hybridized carbons (Fsp3) is 0.118. The number of thiazole rings is 1. The monoisotopic (exact) mass is 433 g/mol. The van der Waals surface area contributed by atoms with Crippen molar-refractivity contribution in [3.8, 4) is 10.9 Å². The highest BCUT2D eigenvalue weighted by Crippen LogP contribution is 2.35. The molecule has 0 bridgehead atoms. The fourth-order valence-electron chi connectivity index (χ4n) is 2.69. The van der Waals surface area contributed by atoms with Gasteiger partial charge >= 0.3 is 0 Å². The van der Waals surface area contributed by atoms with Gasteiger partial charge in [0.05, 0.1) is 10.6 Å². The Bertz CT molecular complexity index is 1170. The van der Waals surface area contributed by atoms with E-state index in [1.54, 1.807) is 43.1 Å². The van der Waals surface area contributed by atoms with Gasteiger partial charge in [0, 0.05) is 35.3 Å². The van der Waals surface area contributed by atoms with Gasteiger partial charge in [-0.25, -0.2) is 14.2 Å². The Morgan fingerprint density at radius 1 is 1.36 bits per heavy atom. The van der Waals surface area contributed by atoms with Crippen molar-refractivity contribution in [2.45, 2.75) is 11.8 Å². The van der Waals surface area contributed by atoms with Crippen LogP contribution in [0.25, 0.3) is 5.13 Å². The lowest BCUT2D eigenvalue weighted by Gasteiger charge is -2.19. The maximum Gasteiger partial charge on any atom is 0.271 e. The van der Waals surface area contributed by atoms with E-state index in [1.165, 1.54) is 27.9 Å². The van der Waals surface area contributed by atoms with Crippen LogP contribution in [0, 0.1) is 6.92 Å². The van der Waals surface area contributed by atoms with Gasteiger partial charge in [0.2, 0.25) is 0 Å². The molecule has 1 atom stereocenters. The third kappa shape index (κ3) is 3.43. The van der Waals surface area contributed by atoms with Crippen LogP contribution in [0.3, 0.4) is 0 Å². The van der Waals surface area contributed by atoms with E-state index >= 15 is 0 Å². The summed E-state index contributed by atoms with van der Waals surface area (Å²) in [6, 6.07) is 5.35. The third-order valence-corrected chi connectivity index (χ3v) is 6.08. The minimum Gasteiger partial charge on any atom is -0.507 e. The zero-order valence-corrected chi connectivity index (χ0v) is 17.2. The summed E-state index contributed by atoms with van der Waals surface area (Å²) in [6.45, 7) is 1.72. The lowest BCUT2D eigenvalue weighted by molar-refractivity contribution is 0.467. The van der Waals surface area contributed by atoms with Crippen molar-refractivity contribution >= 4 is 51.5 Å². The molecule has 11 heteroatoms. The number of pyridine rings is 1. The summed E-state index contributed by atoms with van der Waals surface area (Å²) in [7, 11) is -1.18. The Morgan fingerprint density at radius 2 is 2.18 bits per heavy atom. The van der Waals surface area contributed by atoms with Crippen molar-refractivity contribution in [1.82, 2.24) is 14.3 Å². The van der Waals surface area contributed by atoms with Crippen LogP contribution in [0.1, 0.15) is 11.1 Å². The molecule has 0 spiro atoms. The van der Waals surface area contributed by atoms with Crippen LogP contribution in [0.4, 0.5) is 11.4 Å². The van der Waals surface area contributed by atoms with Crippen molar-refractivity contribution in [2.75, 3.05) is 11.0 Å². The first-order chi connectivity index (χ1) is 13.4. The second-order valence-electron chi connectivity index (χ2n) is 5.93. The maximum atomic E-state index is 13.0. The fourth-order valence-corrected chi connectivity index (χ4v) is 4.53. The SMILES string of the molecule is Cc1cn(-c2nccs2)c(=O)c(C2=Nc3ccc(NS(C)=O)cc3SN2)c1O. The number of hydrogen-bond acceptors (Lipinski definition) is 8. The molecule has 1 aromatic carbocycles. The van der Waals surface area contributed by atoms with E-state index in [1.807, 2.05) is 6.07 Å². The molecule has 8 nitrogen and oxygen atoms in total. The van der Waals surface area contributed by atoms with E-state index in [0.717, 1.165) is 4.90 Å². The minimum atomic E-state index is -1.18. The summed E-state index contributed by atoms with van der Waals surface area (Å²) in [5.74, 6) is 0.154. The van der Waals surface area contributed by atoms with Crippen LogP contribution in [-0.4, -0.2) is 31.0 Å². The van der Waals surface area contributed by atoms with Crippen molar-refractivity contribution < 1.29 is 9.32 Å². The van der Waals surface area contributed by atoms with Crippen molar-refractivity contribution in [3.63, 3.8) is 0 Å². The summed E-state index contributed by atoms with van der Waals surface area (Å²) >= 11 is 2.60. The number of nitrogens with zero attached hydrogens (tertiary/aromatic N) is 3. The number of benzene rings is 1. The number of amidine groups is 1. The molecule has 0 saturated heterocycles. The van der Waals surface area contributed by atoms with Gasteiger partial charge in [0.15, 0.2) is 11.0 Å². The van der Waals surface area contributed by atoms with Gasteiger partial charge in [0.25, 0.3) is 5.56 Å². The molecule has 3 heterocycles. The Hall–Kier alpha value is -2.63. The molecule has 0 aliphatic carbocycles. The lowest BCUT2D eigenvalue weighted by Crippen LogP contribution is -2.31. The number of aromatic nitrogens is 2. The summed E-state index contributed by atoms with van der Waals surface area (Å²) in [6.07, 6.45) is 4.73. The highest BCUT2D eigenvalue weighted by atomic mass is 32.2. The largest absolute Gasteiger partial charge is 0.507 e. The van der Waals surface area contributed by atoms with Gasteiger partial charge in [-0.1, -0.05) is 0 Å². The number of nitrogens with one attached hydrogen (secondary N) is 2. The first-order valence-corrected chi connectivity index (χ1v) is 11.3. The molecule has 0 amide bonds. The van der Waals surface area contributed by atoms with E-state index in [0.29, 0.717) is 22.1 Å². The van der Waals surface area contributed by atoms with E-state index in [2.05, 4.69) is 19.4 Å². The van der Waals surface area contributed by atoms with Gasteiger partial charge in [-0.05, 0) is 37.1 Å². The average Bonchev–Trinajstić information content (AvgIpc) is 3.19. The predicted octanol–water partition coefficient (Wildman–Crippen LogP) is 2.70. The zero-order chi connectivity index (χ0) is 19.8. The Kier molecular flexibility index (Phi) is 4.96. The van der Waals surface area contributed by atoms with Crippen LogP contribution >= 0.6 is 23.3 Å².